The number of amides is 1. The van der Waals surface area contributed by atoms with Crippen molar-refractivity contribution in [1.29, 1.82) is 0 Å². The van der Waals surface area contributed by atoms with E-state index in [1.54, 1.807) is 16.5 Å². The van der Waals surface area contributed by atoms with Crippen LogP contribution in [0, 0.1) is 16.4 Å². The molecule has 1 amide bonds. The lowest BCUT2D eigenvalue weighted by Gasteiger charge is -2.29. The van der Waals surface area contributed by atoms with Gasteiger partial charge in [-0.2, -0.15) is 0 Å². The number of pyridine rings is 1. The van der Waals surface area contributed by atoms with E-state index in [0.717, 1.165) is 42.5 Å². The van der Waals surface area contributed by atoms with Crippen molar-refractivity contribution in [3.63, 3.8) is 0 Å². The number of anilines is 2. The molecule has 9 heteroatoms. The van der Waals surface area contributed by atoms with Crippen LogP contribution < -0.4 is 9.64 Å². The zero-order valence-electron chi connectivity index (χ0n) is 24.8. The van der Waals surface area contributed by atoms with Crippen LogP contribution in [0.5, 0.6) is 5.88 Å². The second-order valence-electron chi connectivity index (χ2n) is 12.4. The molecule has 2 aliphatic carbocycles. The number of aryl methyl sites for hydroxylation is 2. The molecule has 0 spiro atoms. The molecule has 2 saturated carbocycles. The highest BCUT2D eigenvalue weighted by molar-refractivity contribution is 14.1. The number of aromatic nitrogens is 3. The van der Waals surface area contributed by atoms with Crippen LogP contribution in [0.3, 0.4) is 0 Å². The quantitative estimate of drug-likeness (QED) is 0.149. The number of benzene rings is 1. The van der Waals surface area contributed by atoms with Gasteiger partial charge in [0.2, 0.25) is 0 Å². The summed E-state index contributed by atoms with van der Waals surface area (Å²) in [7, 11) is 1.86. The van der Waals surface area contributed by atoms with Crippen LogP contribution in [0.4, 0.5) is 11.5 Å². The van der Waals surface area contributed by atoms with Crippen molar-refractivity contribution in [1.82, 2.24) is 14.8 Å². The fourth-order valence-electron chi connectivity index (χ4n) is 5.39. The normalized spacial score (nSPS) is 19.2. The summed E-state index contributed by atoms with van der Waals surface area (Å²) >= 11 is 2.36. The second-order valence-corrected chi connectivity index (χ2v) is 13.6. The summed E-state index contributed by atoms with van der Waals surface area (Å²) in [5, 5.41) is 4.64. The molecule has 0 atom stereocenters. The molecule has 0 N–H and O–H groups in total. The number of nitrogens with zero attached hydrogens (tertiary/aromatic N) is 4. The highest BCUT2D eigenvalue weighted by Crippen LogP contribution is 2.47. The summed E-state index contributed by atoms with van der Waals surface area (Å²) in [5.74, 6) is 0.958. The Morgan fingerprint density at radius 3 is 2.39 bits per heavy atom. The van der Waals surface area contributed by atoms with Gasteiger partial charge in [0.25, 0.3) is 11.8 Å². The predicted molar refractivity (Wildman–Crippen MR) is 169 cm³/mol. The van der Waals surface area contributed by atoms with Crippen LogP contribution in [0.1, 0.15) is 83.3 Å². The van der Waals surface area contributed by atoms with Gasteiger partial charge < -0.3 is 9.47 Å². The van der Waals surface area contributed by atoms with Gasteiger partial charge in [-0.1, -0.05) is 6.58 Å². The molecule has 0 saturated heterocycles. The summed E-state index contributed by atoms with van der Waals surface area (Å²) in [6.07, 6.45) is 5.03. The van der Waals surface area contributed by atoms with Gasteiger partial charge in [0.05, 0.1) is 17.1 Å². The van der Waals surface area contributed by atoms with E-state index in [4.69, 9.17) is 14.5 Å². The van der Waals surface area contributed by atoms with E-state index in [0.29, 0.717) is 41.5 Å². The van der Waals surface area contributed by atoms with Crippen molar-refractivity contribution in [2.24, 2.45) is 13.0 Å². The molecule has 3 aromatic rings. The Labute approximate surface area is 255 Å². The van der Waals surface area contributed by atoms with E-state index < -0.39 is 5.60 Å². The topological polar surface area (TPSA) is 86.6 Å². The summed E-state index contributed by atoms with van der Waals surface area (Å²) in [4.78, 5) is 32.9. The number of halogens is 1. The molecule has 41 heavy (non-hydrogen) atoms. The molecular weight excluding hydrogens is 631 g/mol. The first-order valence-corrected chi connectivity index (χ1v) is 15.4. The molecule has 2 aromatic heterocycles. The van der Waals surface area contributed by atoms with Gasteiger partial charge >= 0.3 is 5.97 Å². The first-order valence-electron chi connectivity index (χ1n) is 14.4. The van der Waals surface area contributed by atoms with Crippen LogP contribution in [-0.2, 0) is 21.4 Å². The van der Waals surface area contributed by atoms with Crippen molar-refractivity contribution in [3.8, 4) is 5.88 Å². The number of fused-ring (bicyclic) bond motifs is 1. The minimum absolute atomic E-state index is 0.0780. The minimum Gasteiger partial charge on any atom is -0.472 e. The van der Waals surface area contributed by atoms with Crippen molar-refractivity contribution in [2.75, 3.05) is 4.90 Å². The van der Waals surface area contributed by atoms with E-state index in [1.165, 1.54) is 9.13 Å². The predicted octanol–water partition coefficient (Wildman–Crippen LogP) is 7.28. The standard InChI is InChI=1S/C32H39IN4O4/c1-18(2)30(38)37(26-16-19(3)24(33)17-23(26)20-8-9-20)27-15-14-25-28(34-27)29(35-36(25)7)40-22-12-10-21(11-13-22)31(39)41-32(4,5)6/h14-17,20-22H,1,8-13H2,2-7H3/t21-,22-. The molecule has 2 aliphatic rings. The molecule has 2 heterocycles. The van der Waals surface area contributed by atoms with Gasteiger partial charge in [0.15, 0.2) is 5.52 Å². The molecule has 0 bridgehead atoms. The Balaban J connectivity index is 1.45. The zero-order valence-corrected chi connectivity index (χ0v) is 26.9. The van der Waals surface area contributed by atoms with E-state index in [1.807, 2.05) is 40.0 Å². The van der Waals surface area contributed by atoms with Crippen LogP contribution in [0.15, 0.2) is 36.4 Å². The number of carbonyl (C=O) groups is 2. The third-order valence-corrected chi connectivity index (χ3v) is 8.87. The molecule has 218 valence electrons. The minimum atomic E-state index is -0.490. The van der Waals surface area contributed by atoms with E-state index in [2.05, 4.69) is 53.3 Å². The van der Waals surface area contributed by atoms with Gasteiger partial charge in [-0.05, 0) is 137 Å². The Morgan fingerprint density at radius 2 is 1.78 bits per heavy atom. The number of esters is 1. The van der Waals surface area contributed by atoms with Crippen LogP contribution in [0.25, 0.3) is 11.0 Å². The average molecular weight is 671 g/mol. The van der Waals surface area contributed by atoms with Crippen molar-refractivity contribution >= 4 is 57.0 Å². The Hall–Kier alpha value is -2.95. The Bertz CT molecular complexity index is 1510. The number of carbonyl (C=O) groups excluding carboxylic acids is 2. The highest BCUT2D eigenvalue weighted by Gasteiger charge is 2.33. The number of ether oxygens (including phenoxy) is 2. The van der Waals surface area contributed by atoms with Gasteiger partial charge in [-0.3, -0.25) is 19.2 Å². The summed E-state index contributed by atoms with van der Waals surface area (Å²) in [6.45, 7) is 13.4. The molecule has 2 fully saturated rings. The monoisotopic (exact) mass is 670 g/mol. The van der Waals surface area contributed by atoms with Gasteiger partial charge in [0, 0.05) is 16.2 Å². The van der Waals surface area contributed by atoms with Crippen LogP contribution in [-0.4, -0.2) is 38.3 Å². The van der Waals surface area contributed by atoms with E-state index in [-0.39, 0.29) is 23.9 Å². The molecule has 0 radical (unpaired) electrons. The number of rotatable bonds is 7. The molecular formula is C32H39IN4O4. The summed E-state index contributed by atoms with van der Waals surface area (Å²) < 4.78 is 14.9. The summed E-state index contributed by atoms with van der Waals surface area (Å²) in [5.41, 5.74) is 4.51. The first kappa shape index (κ1) is 29.5. The average Bonchev–Trinajstić information content (AvgIpc) is 3.70. The molecule has 8 nitrogen and oxygen atoms in total. The number of hydrogen-bond donors (Lipinski definition) is 0. The van der Waals surface area contributed by atoms with Crippen LogP contribution in [0.2, 0.25) is 0 Å². The fraction of sp³-hybridized carbons (Fsp3) is 0.500. The van der Waals surface area contributed by atoms with E-state index in [9.17, 15) is 9.59 Å². The van der Waals surface area contributed by atoms with Crippen molar-refractivity contribution < 1.29 is 19.1 Å². The highest BCUT2D eigenvalue weighted by atomic mass is 127. The number of hydrogen-bond acceptors (Lipinski definition) is 6. The largest absolute Gasteiger partial charge is 0.472 e. The van der Waals surface area contributed by atoms with Crippen molar-refractivity contribution in [2.45, 2.75) is 90.8 Å². The molecule has 0 aliphatic heterocycles. The van der Waals surface area contributed by atoms with Crippen molar-refractivity contribution in [3.05, 3.63) is 51.1 Å². The van der Waals surface area contributed by atoms with E-state index >= 15 is 0 Å². The third kappa shape index (κ3) is 6.44. The maximum absolute atomic E-state index is 13.6. The third-order valence-electron chi connectivity index (χ3n) is 7.71. The second kappa shape index (κ2) is 11.4. The summed E-state index contributed by atoms with van der Waals surface area (Å²) in [6, 6.07) is 8.09. The zero-order chi connectivity index (χ0) is 29.6. The maximum atomic E-state index is 13.6. The lowest BCUT2D eigenvalue weighted by molar-refractivity contribution is -0.161. The lowest BCUT2D eigenvalue weighted by atomic mass is 9.87. The Kier molecular flexibility index (Phi) is 8.20. The smallest absolute Gasteiger partial charge is 0.309 e. The molecule has 0 unspecified atom stereocenters. The van der Waals surface area contributed by atoms with Gasteiger partial charge in [-0.25, -0.2) is 4.98 Å². The lowest BCUT2D eigenvalue weighted by Crippen LogP contribution is -2.33. The Morgan fingerprint density at radius 1 is 1.10 bits per heavy atom. The van der Waals surface area contributed by atoms with Crippen LogP contribution >= 0.6 is 22.6 Å². The van der Waals surface area contributed by atoms with Gasteiger partial charge in [-0.15, -0.1) is 5.10 Å². The molecule has 1 aromatic carbocycles. The SMILES string of the molecule is C=C(C)C(=O)N(c1ccc2c(n1)c(O[C@H]1CC[C@H](C(=O)OC(C)(C)C)CC1)nn2C)c1cc(C)c(I)cc1C1CC1. The first-order chi connectivity index (χ1) is 19.3. The maximum Gasteiger partial charge on any atom is 0.309 e. The van der Waals surface area contributed by atoms with Gasteiger partial charge in [0.1, 0.15) is 17.5 Å². The molecule has 5 rings (SSSR count). The fourth-order valence-corrected chi connectivity index (χ4v) is 5.88.